The molecule has 8 nitrogen and oxygen atoms in total. The molecule has 39 heavy (non-hydrogen) atoms. The van der Waals surface area contributed by atoms with Gasteiger partial charge < -0.3 is 15.5 Å². The van der Waals surface area contributed by atoms with Crippen LogP contribution in [0, 0.1) is 18.2 Å². The van der Waals surface area contributed by atoms with Crippen LogP contribution in [-0.4, -0.2) is 74.1 Å². The molecule has 3 aromatic carbocycles. The summed E-state index contributed by atoms with van der Waals surface area (Å²) in [6.07, 6.45) is 1.29. The normalized spacial score (nSPS) is 19.6. The molecular formula is C29H34FN5O3S. The van der Waals surface area contributed by atoms with Crippen molar-refractivity contribution >= 4 is 27.8 Å². The SMILES string of the molecule is Cc1cc(Nc2ccc(F)cc2)c(C=N)cc1[C@H]1CN(S(=O)(=O)N2CCOCC2)CCN1Cc1ccccc1. The highest BCUT2D eigenvalue weighted by Gasteiger charge is 2.38. The Labute approximate surface area is 229 Å². The molecule has 206 valence electrons. The predicted octanol–water partition coefficient (Wildman–Crippen LogP) is 4.31. The third-order valence-corrected chi connectivity index (χ3v) is 9.38. The minimum Gasteiger partial charge on any atom is -0.379 e. The molecule has 0 amide bonds. The zero-order valence-electron chi connectivity index (χ0n) is 22.0. The largest absolute Gasteiger partial charge is 0.379 e. The van der Waals surface area contributed by atoms with Gasteiger partial charge in [-0.15, -0.1) is 0 Å². The molecule has 10 heteroatoms. The van der Waals surface area contributed by atoms with Crippen molar-refractivity contribution in [1.29, 1.82) is 5.41 Å². The van der Waals surface area contributed by atoms with Gasteiger partial charge in [0.25, 0.3) is 10.2 Å². The molecule has 2 aliphatic heterocycles. The highest BCUT2D eigenvalue weighted by Crippen LogP contribution is 2.34. The molecule has 0 aliphatic carbocycles. The molecule has 2 heterocycles. The molecule has 0 bridgehead atoms. The molecule has 2 N–H and O–H groups in total. The second-order valence-electron chi connectivity index (χ2n) is 9.92. The molecule has 0 spiro atoms. The fourth-order valence-electron chi connectivity index (χ4n) is 5.27. The van der Waals surface area contributed by atoms with Crippen LogP contribution < -0.4 is 5.32 Å². The zero-order chi connectivity index (χ0) is 27.4. The van der Waals surface area contributed by atoms with E-state index in [1.165, 1.54) is 22.7 Å². The molecule has 2 aliphatic rings. The summed E-state index contributed by atoms with van der Waals surface area (Å²) in [4.78, 5) is 2.32. The van der Waals surface area contributed by atoms with Gasteiger partial charge in [0.1, 0.15) is 5.82 Å². The Morgan fingerprint density at radius 3 is 2.41 bits per heavy atom. The van der Waals surface area contributed by atoms with Crippen molar-refractivity contribution < 1.29 is 17.5 Å². The summed E-state index contributed by atoms with van der Waals surface area (Å²) in [6, 6.07) is 20.0. The average Bonchev–Trinajstić information content (AvgIpc) is 2.96. The number of piperazine rings is 1. The van der Waals surface area contributed by atoms with Crippen LogP contribution >= 0.6 is 0 Å². The van der Waals surface area contributed by atoms with E-state index in [4.69, 9.17) is 10.1 Å². The number of benzene rings is 3. The van der Waals surface area contributed by atoms with Crippen LogP contribution in [0.3, 0.4) is 0 Å². The minimum absolute atomic E-state index is 0.201. The van der Waals surface area contributed by atoms with Crippen LogP contribution in [0.5, 0.6) is 0 Å². The summed E-state index contributed by atoms with van der Waals surface area (Å²) >= 11 is 0. The van der Waals surface area contributed by atoms with E-state index < -0.39 is 10.2 Å². The van der Waals surface area contributed by atoms with Gasteiger partial charge in [0, 0.05) is 68.5 Å². The first-order valence-corrected chi connectivity index (χ1v) is 14.5. The van der Waals surface area contributed by atoms with E-state index in [0.29, 0.717) is 58.0 Å². The van der Waals surface area contributed by atoms with Gasteiger partial charge in [-0.1, -0.05) is 30.3 Å². The second-order valence-corrected chi connectivity index (χ2v) is 11.8. The lowest BCUT2D eigenvalue weighted by molar-refractivity contribution is 0.0642. The number of hydrogen-bond donors (Lipinski definition) is 2. The van der Waals surface area contributed by atoms with Crippen molar-refractivity contribution in [2.75, 3.05) is 51.3 Å². The Hall–Kier alpha value is -3.15. The Bertz CT molecular complexity index is 1400. The number of ether oxygens (including phenoxy) is 1. The molecule has 2 saturated heterocycles. The molecule has 5 rings (SSSR count). The molecule has 2 fully saturated rings. The summed E-state index contributed by atoms with van der Waals surface area (Å²) in [7, 11) is -3.63. The van der Waals surface area contributed by atoms with Gasteiger partial charge in [-0.3, -0.25) is 4.90 Å². The van der Waals surface area contributed by atoms with Gasteiger partial charge in [0.15, 0.2) is 0 Å². The maximum absolute atomic E-state index is 13.6. The van der Waals surface area contributed by atoms with Crippen LogP contribution in [0.2, 0.25) is 0 Å². The van der Waals surface area contributed by atoms with E-state index in [9.17, 15) is 12.8 Å². The molecule has 0 aromatic heterocycles. The first-order valence-electron chi connectivity index (χ1n) is 13.1. The highest BCUT2D eigenvalue weighted by atomic mass is 32.2. The van der Waals surface area contributed by atoms with Crippen molar-refractivity contribution in [2.24, 2.45) is 0 Å². The molecule has 1 atom stereocenters. The molecule has 3 aromatic rings. The summed E-state index contributed by atoms with van der Waals surface area (Å²) in [5.74, 6) is -0.313. The first kappa shape index (κ1) is 27.4. The van der Waals surface area contributed by atoms with Gasteiger partial charge >= 0.3 is 0 Å². The van der Waals surface area contributed by atoms with Gasteiger partial charge in [-0.25, -0.2) is 4.39 Å². The Morgan fingerprint density at radius 1 is 1.00 bits per heavy atom. The fourth-order valence-corrected chi connectivity index (χ4v) is 6.84. The lowest BCUT2D eigenvalue weighted by Gasteiger charge is -2.43. The van der Waals surface area contributed by atoms with Gasteiger partial charge in [0.2, 0.25) is 0 Å². The summed E-state index contributed by atoms with van der Waals surface area (Å²) in [5.41, 5.74) is 5.26. The van der Waals surface area contributed by atoms with E-state index in [-0.39, 0.29) is 11.9 Å². The summed E-state index contributed by atoms with van der Waals surface area (Å²) in [5, 5.41) is 11.4. The van der Waals surface area contributed by atoms with Crippen molar-refractivity contribution in [3.63, 3.8) is 0 Å². The van der Waals surface area contributed by atoms with Gasteiger partial charge in [0.05, 0.1) is 13.2 Å². The topological polar surface area (TPSA) is 89.0 Å². The molecule has 0 radical (unpaired) electrons. The van der Waals surface area contributed by atoms with E-state index in [0.717, 1.165) is 28.1 Å². The van der Waals surface area contributed by atoms with E-state index in [1.54, 1.807) is 16.4 Å². The number of aryl methyl sites for hydroxylation is 1. The van der Waals surface area contributed by atoms with Crippen LogP contribution in [0.15, 0.2) is 66.7 Å². The Morgan fingerprint density at radius 2 is 1.72 bits per heavy atom. The average molecular weight is 552 g/mol. The highest BCUT2D eigenvalue weighted by molar-refractivity contribution is 7.86. The lowest BCUT2D eigenvalue weighted by atomic mass is 9.94. The van der Waals surface area contributed by atoms with Crippen molar-refractivity contribution in [1.82, 2.24) is 13.5 Å². The number of anilines is 2. The number of nitrogens with zero attached hydrogens (tertiary/aromatic N) is 3. The number of nitrogens with one attached hydrogen (secondary N) is 2. The van der Waals surface area contributed by atoms with Gasteiger partial charge in [-0.05, 0) is 60.0 Å². The third-order valence-electron chi connectivity index (χ3n) is 7.38. The summed E-state index contributed by atoms with van der Waals surface area (Å²) in [6.45, 7) is 5.52. The standard InChI is InChI=1S/C29H34FN5O3S/c1-22-17-28(32-26-9-7-25(30)8-10-26)24(19-31)18-27(22)29-21-35(39(36,37)34-13-15-38-16-14-34)12-11-33(29)20-23-5-3-2-4-6-23/h2-10,17-19,29,31-32H,11-16,20-21H2,1H3/t29-/m1/s1. The Balaban J connectivity index is 1.48. The number of hydrogen-bond acceptors (Lipinski definition) is 6. The van der Waals surface area contributed by atoms with Crippen molar-refractivity contribution in [3.8, 4) is 0 Å². The maximum atomic E-state index is 13.6. The first-order chi connectivity index (χ1) is 18.8. The zero-order valence-corrected chi connectivity index (χ0v) is 22.8. The van der Waals surface area contributed by atoms with Crippen molar-refractivity contribution in [2.45, 2.75) is 19.5 Å². The maximum Gasteiger partial charge on any atom is 0.282 e. The Kier molecular flexibility index (Phi) is 8.39. The molecule has 0 unspecified atom stereocenters. The molecular weight excluding hydrogens is 517 g/mol. The lowest BCUT2D eigenvalue weighted by Crippen LogP contribution is -2.55. The van der Waals surface area contributed by atoms with E-state index >= 15 is 0 Å². The fraction of sp³-hybridized carbons (Fsp3) is 0.345. The number of morpholine rings is 1. The second kappa shape index (κ2) is 11.9. The monoisotopic (exact) mass is 551 g/mol. The number of rotatable bonds is 8. The smallest absolute Gasteiger partial charge is 0.282 e. The quantitative estimate of drug-likeness (QED) is 0.408. The summed E-state index contributed by atoms with van der Waals surface area (Å²) < 4.78 is 49.0. The van der Waals surface area contributed by atoms with Crippen LogP contribution in [0.4, 0.5) is 15.8 Å². The van der Waals surface area contributed by atoms with E-state index in [1.807, 2.05) is 37.3 Å². The predicted molar refractivity (Wildman–Crippen MR) is 151 cm³/mol. The van der Waals surface area contributed by atoms with Gasteiger partial charge in [-0.2, -0.15) is 17.0 Å². The van der Waals surface area contributed by atoms with Crippen LogP contribution in [0.1, 0.15) is 28.3 Å². The number of halogens is 1. The van der Waals surface area contributed by atoms with Crippen LogP contribution in [0.25, 0.3) is 0 Å². The minimum atomic E-state index is -3.63. The van der Waals surface area contributed by atoms with E-state index in [2.05, 4.69) is 22.3 Å². The third kappa shape index (κ3) is 6.21. The molecule has 0 saturated carbocycles. The van der Waals surface area contributed by atoms with Crippen LogP contribution in [-0.2, 0) is 21.5 Å². The van der Waals surface area contributed by atoms with Crippen molar-refractivity contribution in [3.05, 3.63) is 94.8 Å².